The highest BCUT2D eigenvalue weighted by Crippen LogP contribution is 2.52. The highest BCUT2D eigenvalue weighted by atomic mass is 16.5. The number of hydrogen-bond donors (Lipinski definition) is 0. The van der Waals surface area contributed by atoms with Gasteiger partial charge in [-0.3, -0.25) is 0 Å². The highest BCUT2D eigenvalue weighted by molar-refractivity contribution is 6.22. The summed E-state index contributed by atoms with van der Waals surface area (Å²) >= 11 is 0. The Hall–Kier alpha value is -7.30. The van der Waals surface area contributed by atoms with Gasteiger partial charge < -0.3 is 18.8 Å². The number of para-hydroxylation sites is 2. The summed E-state index contributed by atoms with van der Waals surface area (Å²) in [6, 6.07) is 67.9. The van der Waals surface area contributed by atoms with Crippen LogP contribution in [0.3, 0.4) is 0 Å². The van der Waals surface area contributed by atoms with Gasteiger partial charge in [-0.05, 0) is 96.8 Å². The van der Waals surface area contributed by atoms with Crippen LogP contribution in [-0.4, -0.2) is 9.13 Å². The van der Waals surface area contributed by atoms with Crippen molar-refractivity contribution in [1.82, 2.24) is 9.13 Å². The number of anilines is 3. The van der Waals surface area contributed by atoms with Crippen LogP contribution in [0.2, 0.25) is 0 Å². The Balaban J connectivity index is 1.26. The lowest BCUT2D eigenvalue weighted by atomic mass is 9.98. The average molecular weight is 720 g/mol. The Morgan fingerprint density at radius 1 is 0.393 bits per heavy atom. The maximum Gasteiger partial charge on any atom is 0.151 e. The molecule has 3 heterocycles. The molecule has 4 nitrogen and oxygen atoms in total. The molecule has 0 aliphatic carbocycles. The zero-order valence-corrected chi connectivity index (χ0v) is 31.1. The van der Waals surface area contributed by atoms with Gasteiger partial charge in [0.05, 0.1) is 33.6 Å². The fraction of sp³-hybridized carbons (Fsp3) is 0.0385. The third kappa shape index (κ3) is 4.93. The zero-order chi connectivity index (χ0) is 37.3. The van der Waals surface area contributed by atoms with Gasteiger partial charge in [-0.2, -0.15) is 0 Å². The topological polar surface area (TPSA) is 22.3 Å². The first-order valence-corrected chi connectivity index (χ1v) is 19.2. The number of aromatic nitrogens is 2. The van der Waals surface area contributed by atoms with E-state index in [4.69, 9.17) is 4.74 Å². The van der Waals surface area contributed by atoms with E-state index in [1.165, 1.54) is 44.1 Å². The van der Waals surface area contributed by atoms with Crippen LogP contribution in [0.15, 0.2) is 188 Å². The van der Waals surface area contributed by atoms with E-state index >= 15 is 0 Å². The maximum absolute atomic E-state index is 6.55. The molecule has 1 aliphatic heterocycles. The van der Waals surface area contributed by atoms with Crippen LogP contribution in [-0.2, 0) is 0 Å². The second kappa shape index (κ2) is 12.6. The smallest absolute Gasteiger partial charge is 0.151 e. The molecule has 11 rings (SSSR count). The van der Waals surface area contributed by atoms with Crippen LogP contribution in [0.5, 0.6) is 11.5 Å². The Kier molecular flexibility index (Phi) is 7.26. The molecular formula is C52H37N3O. The quantitative estimate of drug-likeness (QED) is 0.177. The monoisotopic (exact) mass is 719 g/mol. The van der Waals surface area contributed by atoms with E-state index in [9.17, 15) is 0 Å². The van der Waals surface area contributed by atoms with Crippen molar-refractivity contribution in [2.24, 2.45) is 0 Å². The first-order valence-electron chi connectivity index (χ1n) is 19.2. The van der Waals surface area contributed by atoms with Gasteiger partial charge in [-0.15, -0.1) is 0 Å². The minimum atomic E-state index is 0.856. The van der Waals surface area contributed by atoms with Crippen molar-refractivity contribution in [3.8, 4) is 45.3 Å². The van der Waals surface area contributed by atoms with Crippen LogP contribution in [0.1, 0.15) is 11.1 Å². The van der Waals surface area contributed by atoms with E-state index in [1.54, 1.807) is 0 Å². The number of benzene rings is 8. The van der Waals surface area contributed by atoms with E-state index in [1.807, 2.05) is 0 Å². The number of hydrogen-bond acceptors (Lipinski definition) is 2. The van der Waals surface area contributed by atoms with Crippen molar-refractivity contribution < 1.29 is 4.74 Å². The summed E-state index contributed by atoms with van der Waals surface area (Å²) in [6.07, 6.45) is 0. The van der Waals surface area contributed by atoms with Crippen molar-refractivity contribution in [1.29, 1.82) is 0 Å². The first-order chi connectivity index (χ1) is 27.6. The molecule has 0 N–H and O–H groups in total. The lowest BCUT2D eigenvalue weighted by Gasteiger charge is -2.33. The molecular weight excluding hydrogens is 683 g/mol. The van der Waals surface area contributed by atoms with Gasteiger partial charge >= 0.3 is 0 Å². The van der Waals surface area contributed by atoms with Crippen molar-refractivity contribution in [2.45, 2.75) is 13.8 Å². The molecule has 10 aromatic rings. The third-order valence-corrected chi connectivity index (χ3v) is 11.2. The van der Waals surface area contributed by atoms with Crippen molar-refractivity contribution in [3.05, 3.63) is 199 Å². The van der Waals surface area contributed by atoms with Crippen molar-refractivity contribution >= 4 is 49.8 Å². The molecule has 0 unspecified atom stereocenters. The van der Waals surface area contributed by atoms with Crippen LogP contribution < -0.4 is 9.64 Å². The highest BCUT2D eigenvalue weighted by Gasteiger charge is 2.28. The standard InChI is InChI=1S/C52H37N3O/c1-34-25-29-45-47(31-34)56-48-32-35(2)26-30-46(48)53(45)39-21-14-22-40(33-39)54-44-24-13-12-23-41(44)42-27-28-43-49(36-15-6-3-7-16-36)50(37-17-8-4-9-18-37)55(52(43)51(42)54)38-19-10-5-11-20-38/h3-33H,1-2H3. The van der Waals surface area contributed by atoms with Gasteiger partial charge in [0, 0.05) is 38.8 Å². The lowest BCUT2D eigenvalue weighted by molar-refractivity contribution is 0.476. The molecule has 56 heavy (non-hydrogen) atoms. The Morgan fingerprint density at radius 2 is 0.946 bits per heavy atom. The molecule has 0 fully saturated rings. The number of ether oxygens (including phenoxy) is 1. The normalized spacial score (nSPS) is 12.2. The van der Waals surface area contributed by atoms with Crippen LogP contribution in [0.25, 0.3) is 66.5 Å². The summed E-state index contributed by atoms with van der Waals surface area (Å²) < 4.78 is 11.5. The number of fused-ring (bicyclic) bond motifs is 7. The SMILES string of the molecule is Cc1ccc2c(c1)Oc1cc(C)ccc1N2c1cccc(-n2c3ccccc3c3ccc4c(-c5ccccc5)c(-c5ccccc5)n(-c5ccccc5)c4c32)c1. The molecule has 1 aliphatic rings. The van der Waals surface area contributed by atoms with Crippen molar-refractivity contribution in [3.63, 3.8) is 0 Å². The molecule has 4 heteroatoms. The predicted molar refractivity (Wildman–Crippen MR) is 233 cm³/mol. The zero-order valence-electron chi connectivity index (χ0n) is 31.1. The molecule has 0 amide bonds. The second-order valence-corrected chi connectivity index (χ2v) is 14.7. The third-order valence-electron chi connectivity index (χ3n) is 11.2. The van der Waals surface area contributed by atoms with E-state index in [-0.39, 0.29) is 0 Å². The lowest BCUT2D eigenvalue weighted by Crippen LogP contribution is -2.16. The molecule has 0 spiro atoms. The molecule has 0 saturated heterocycles. The van der Waals surface area contributed by atoms with E-state index in [2.05, 4.69) is 216 Å². The van der Waals surface area contributed by atoms with E-state index in [0.29, 0.717) is 0 Å². The number of rotatable bonds is 5. The molecule has 0 bridgehead atoms. The van der Waals surface area contributed by atoms with Gasteiger partial charge in [0.1, 0.15) is 0 Å². The molecule has 0 radical (unpaired) electrons. The van der Waals surface area contributed by atoms with Gasteiger partial charge in [-0.1, -0.05) is 127 Å². The Labute approximate surface area is 325 Å². The summed E-state index contributed by atoms with van der Waals surface area (Å²) in [5, 5.41) is 3.62. The fourth-order valence-corrected chi connectivity index (χ4v) is 8.76. The maximum atomic E-state index is 6.55. The van der Waals surface area contributed by atoms with Gasteiger partial charge in [0.2, 0.25) is 0 Å². The van der Waals surface area contributed by atoms with Crippen LogP contribution in [0.4, 0.5) is 17.1 Å². The molecule has 0 atom stereocenters. The van der Waals surface area contributed by atoms with Gasteiger partial charge in [0.15, 0.2) is 11.5 Å². The second-order valence-electron chi connectivity index (χ2n) is 14.7. The Morgan fingerprint density at radius 3 is 1.64 bits per heavy atom. The summed E-state index contributed by atoms with van der Waals surface area (Å²) in [6.45, 7) is 4.22. The average Bonchev–Trinajstić information content (AvgIpc) is 3.77. The van der Waals surface area contributed by atoms with Gasteiger partial charge in [0.25, 0.3) is 0 Å². The predicted octanol–water partition coefficient (Wildman–Crippen LogP) is 14.3. The van der Waals surface area contributed by atoms with Crippen LogP contribution >= 0.6 is 0 Å². The fourth-order valence-electron chi connectivity index (χ4n) is 8.76. The van der Waals surface area contributed by atoms with Crippen LogP contribution in [0, 0.1) is 13.8 Å². The molecule has 266 valence electrons. The Bertz CT molecular complexity index is 3070. The summed E-state index contributed by atoms with van der Waals surface area (Å²) in [4.78, 5) is 2.34. The van der Waals surface area contributed by atoms with Crippen molar-refractivity contribution in [2.75, 3.05) is 4.90 Å². The summed E-state index contributed by atoms with van der Waals surface area (Å²) in [5.41, 5.74) is 15.8. The number of nitrogens with zero attached hydrogens (tertiary/aromatic N) is 3. The molecule has 0 saturated carbocycles. The first kappa shape index (κ1) is 32.2. The largest absolute Gasteiger partial charge is 0.453 e. The minimum Gasteiger partial charge on any atom is -0.453 e. The van der Waals surface area contributed by atoms with Gasteiger partial charge in [-0.25, -0.2) is 0 Å². The minimum absolute atomic E-state index is 0.856. The molecule has 8 aromatic carbocycles. The molecule has 2 aromatic heterocycles. The van der Waals surface area contributed by atoms with E-state index < -0.39 is 0 Å². The number of aryl methyl sites for hydroxylation is 2. The summed E-state index contributed by atoms with van der Waals surface area (Å²) in [7, 11) is 0. The van der Waals surface area contributed by atoms with E-state index in [0.717, 1.165) is 62.1 Å². The summed E-state index contributed by atoms with van der Waals surface area (Å²) in [5.74, 6) is 1.71.